The molecule has 2 nitrogen and oxygen atoms in total. The van der Waals surface area contributed by atoms with Crippen LogP contribution in [0.15, 0.2) is 12.1 Å². The van der Waals surface area contributed by atoms with Crippen molar-refractivity contribution < 1.29 is 10.2 Å². The number of aromatic hydroxyl groups is 2. The van der Waals surface area contributed by atoms with Crippen LogP contribution in [0.2, 0.25) is 5.02 Å². The van der Waals surface area contributed by atoms with Crippen LogP contribution in [0.25, 0.3) is 0 Å². The Morgan fingerprint density at radius 1 is 1.21 bits per heavy atom. The molecule has 0 amide bonds. The second-order valence-corrected chi connectivity index (χ2v) is 3.77. The fourth-order valence-electron chi connectivity index (χ4n) is 1.40. The molecule has 0 atom stereocenters. The van der Waals surface area contributed by atoms with Crippen LogP contribution in [0.5, 0.6) is 11.5 Å². The zero-order chi connectivity index (χ0) is 10.6. The molecule has 0 aliphatic carbocycles. The number of rotatable bonds is 4. The van der Waals surface area contributed by atoms with Gasteiger partial charge in [-0.1, -0.05) is 31.4 Å². The van der Waals surface area contributed by atoms with E-state index in [0.717, 1.165) is 31.2 Å². The summed E-state index contributed by atoms with van der Waals surface area (Å²) in [5.74, 6) is 0.0246. The number of phenolic OH excluding ortho intramolecular Hbond substituents is 2. The monoisotopic (exact) mass is 214 g/mol. The van der Waals surface area contributed by atoms with Gasteiger partial charge in [-0.15, -0.1) is 0 Å². The van der Waals surface area contributed by atoms with Gasteiger partial charge in [0.1, 0.15) is 11.5 Å². The summed E-state index contributed by atoms with van der Waals surface area (Å²) in [5.41, 5.74) is 0.817. The van der Waals surface area contributed by atoms with E-state index < -0.39 is 0 Å². The smallest absolute Gasteiger partial charge is 0.138 e. The third kappa shape index (κ3) is 2.81. The van der Waals surface area contributed by atoms with Gasteiger partial charge in [-0.25, -0.2) is 0 Å². The van der Waals surface area contributed by atoms with Gasteiger partial charge in [-0.3, -0.25) is 0 Å². The maximum Gasteiger partial charge on any atom is 0.138 e. The Kier molecular flexibility index (Phi) is 4.08. The summed E-state index contributed by atoms with van der Waals surface area (Å²) >= 11 is 5.88. The van der Waals surface area contributed by atoms with Crippen LogP contribution in [0.3, 0.4) is 0 Å². The predicted octanol–water partition coefficient (Wildman–Crippen LogP) is 3.48. The Bertz CT molecular complexity index is 310. The predicted molar refractivity (Wildman–Crippen MR) is 58.0 cm³/mol. The summed E-state index contributed by atoms with van der Waals surface area (Å²) in [5, 5.41) is 19.0. The summed E-state index contributed by atoms with van der Waals surface area (Å²) in [4.78, 5) is 0. The highest BCUT2D eigenvalue weighted by Gasteiger charge is 2.07. The fraction of sp³-hybridized carbons (Fsp3) is 0.455. The van der Waals surface area contributed by atoms with E-state index in [1.807, 2.05) is 0 Å². The van der Waals surface area contributed by atoms with Gasteiger partial charge in [0.25, 0.3) is 0 Å². The lowest BCUT2D eigenvalue weighted by Gasteiger charge is -2.06. The molecule has 0 unspecified atom stereocenters. The minimum Gasteiger partial charge on any atom is -0.508 e. The average molecular weight is 215 g/mol. The zero-order valence-electron chi connectivity index (χ0n) is 8.26. The Morgan fingerprint density at radius 3 is 2.57 bits per heavy atom. The molecule has 0 aliphatic heterocycles. The third-order valence-corrected chi connectivity index (χ3v) is 2.60. The zero-order valence-corrected chi connectivity index (χ0v) is 9.01. The molecule has 1 aromatic carbocycles. The first-order chi connectivity index (χ1) is 6.65. The molecule has 0 aromatic heterocycles. The summed E-state index contributed by atoms with van der Waals surface area (Å²) < 4.78 is 0. The number of unbranched alkanes of at least 4 members (excludes halogenated alkanes) is 2. The molecule has 0 heterocycles. The summed E-state index contributed by atoms with van der Waals surface area (Å²) in [6.45, 7) is 2.13. The molecule has 1 aromatic rings. The topological polar surface area (TPSA) is 40.5 Å². The Balaban J connectivity index is 2.75. The van der Waals surface area contributed by atoms with Crippen molar-refractivity contribution in [2.24, 2.45) is 0 Å². The molecular formula is C11H15ClO2. The number of phenols is 2. The first kappa shape index (κ1) is 11.2. The SMILES string of the molecule is CCCCCc1cc(O)cc(O)c1Cl. The second-order valence-electron chi connectivity index (χ2n) is 3.40. The molecule has 0 saturated carbocycles. The van der Waals surface area contributed by atoms with Crippen LogP contribution in [0, 0.1) is 0 Å². The van der Waals surface area contributed by atoms with Crippen molar-refractivity contribution in [1.82, 2.24) is 0 Å². The highest BCUT2D eigenvalue weighted by atomic mass is 35.5. The van der Waals surface area contributed by atoms with Gasteiger partial charge in [-0.2, -0.15) is 0 Å². The molecule has 0 bridgehead atoms. The Labute approximate surface area is 89.1 Å². The van der Waals surface area contributed by atoms with Gasteiger partial charge in [0.05, 0.1) is 5.02 Å². The largest absolute Gasteiger partial charge is 0.508 e. The van der Waals surface area contributed by atoms with E-state index in [-0.39, 0.29) is 11.5 Å². The quantitative estimate of drug-likeness (QED) is 0.754. The summed E-state index contributed by atoms with van der Waals surface area (Å²) in [6, 6.07) is 2.86. The van der Waals surface area contributed by atoms with E-state index in [0.29, 0.717) is 5.02 Å². The number of benzene rings is 1. The molecule has 1 rings (SSSR count). The molecule has 2 N–H and O–H groups in total. The van der Waals surface area contributed by atoms with Crippen LogP contribution in [-0.2, 0) is 6.42 Å². The minimum absolute atomic E-state index is 0.0434. The highest BCUT2D eigenvalue weighted by molar-refractivity contribution is 6.32. The lowest BCUT2D eigenvalue weighted by Crippen LogP contribution is -1.87. The van der Waals surface area contributed by atoms with Gasteiger partial charge in [0.2, 0.25) is 0 Å². The van der Waals surface area contributed by atoms with Crippen molar-refractivity contribution in [1.29, 1.82) is 0 Å². The van der Waals surface area contributed by atoms with Gasteiger partial charge in [0.15, 0.2) is 0 Å². The summed E-state index contributed by atoms with van der Waals surface area (Å²) in [6.07, 6.45) is 4.10. The van der Waals surface area contributed by atoms with Gasteiger partial charge in [-0.05, 0) is 24.5 Å². The van der Waals surface area contributed by atoms with Crippen LogP contribution in [-0.4, -0.2) is 10.2 Å². The van der Waals surface area contributed by atoms with Gasteiger partial charge in [0, 0.05) is 6.07 Å². The molecular weight excluding hydrogens is 200 g/mol. The first-order valence-electron chi connectivity index (χ1n) is 4.85. The Morgan fingerprint density at radius 2 is 1.93 bits per heavy atom. The fourth-order valence-corrected chi connectivity index (χ4v) is 1.60. The lowest BCUT2D eigenvalue weighted by molar-refractivity contribution is 0.449. The van der Waals surface area contributed by atoms with E-state index >= 15 is 0 Å². The first-order valence-corrected chi connectivity index (χ1v) is 5.23. The molecule has 3 heteroatoms. The van der Waals surface area contributed by atoms with E-state index in [2.05, 4.69) is 6.92 Å². The Hall–Kier alpha value is -0.890. The molecule has 78 valence electrons. The minimum atomic E-state index is -0.0434. The molecule has 0 radical (unpaired) electrons. The van der Waals surface area contributed by atoms with E-state index in [9.17, 15) is 10.2 Å². The second kappa shape index (κ2) is 5.11. The summed E-state index contributed by atoms with van der Waals surface area (Å²) in [7, 11) is 0. The van der Waals surface area contributed by atoms with Crippen molar-refractivity contribution in [3.05, 3.63) is 22.7 Å². The lowest BCUT2D eigenvalue weighted by atomic mass is 10.1. The van der Waals surface area contributed by atoms with E-state index in [1.54, 1.807) is 6.07 Å². The molecule has 0 spiro atoms. The van der Waals surface area contributed by atoms with Crippen molar-refractivity contribution in [3.63, 3.8) is 0 Å². The number of hydrogen-bond donors (Lipinski definition) is 2. The van der Waals surface area contributed by atoms with Crippen LogP contribution in [0.1, 0.15) is 31.7 Å². The number of hydrogen-bond acceptors (Lipinski definition) is 2. The van der Waals surface area contributed by atoms with Crippen LogP contribution >= 0.6 is 11.6 Å². The molecule has 0 saturated heterocycles. The normalized spacial score (nSPS) is 10.4. The average Bonchev–Trinajstić information content (AvgIpc) is 2.13. The standard InChI is InChI=1S/C11H15ClO2/c1-2-3-4-5-8-6-9(13)7-10(14)11(8)12/h6-7,13-14H,2-5H2,1H3. The highest BCUT2D eigenvalue weighted by Crippen LogP contribution is 2.32. The maximum atomic E-state index is 9.35. The molecule has 0 fully saturated rings. The maximum absolute atomic E-state index is 9.35. The van der Waals surface area contributed by atoms with Gasteiger partial charge >= 0.3 is 0 Å². The van der Waals surface area contributed by atoms with Crippen molar-refractivity contribution in [2.45, 2.75) is 32.6 Å². The van der Waals surface area contributed by atoms with E-state index in [4.69, 9.17) is 11.6 Å². The molecule has 0 aliphatic rings. The van der Waals surface area contributed by atoms with Crippen LogP contribution in [0.4, 0.5) is 0 Å². The van der Waals surface area contributed by atoms with Gasteiger partial charge < -0.3 is 10.2 Å². The third-order valence-electron chi connectivity index (χ3n) is 2.16. The number of halogens is 1. The van der Waals surface area contributed by atoms with Crippen molar-refractivity contribution in [2.75, 3.05) is 0 Å². The number of aryl methyl sites for hydroxylation is 1. The van der Waals surface area contributed by atoms with Crippen molar-refractivity contribution >= 4 is 11.6 Å². The van der Waals surface area contributed by atoms with Crippen molar-refractivity contribution in [3.8, 4) is 11.5 Å². The van der Waals surface area contributed by atoms with Crippen LogP contribution < -0.4 is 0 Å². The molecule has 14 heavy (non-hydrogen) atoms. The van der Waals surface area contributed by atoms with E-state index in [1.165, 1.54) is 6.07 Å².